The third-order valence-corrected chi connectivity index (χ3v) is 1.64. The predicted octanol–water partition coefficient (Wildman–Crippen LogP) is -0.175. The summed E-state index contributed by atoms with van der Waals surface area (Å²) in [6.07, 6.45) is 2.68. The average Bonchev–Trinajstić information content (AvgIpc) is 1.97. The zero-order valence-electron chi connectivity index (χ0n) is 6.97. The topological polar surface area (TPSA) is 81.1 Å². The molecule has 12 heavy (non-hydrogen) atoms. The van der Waals surface area contributed by atoms with E-state index in [2.05, 4.69) is 5.32 Å². The number of nitrogens with one attached hydrogen (secondary N) is 1. The molecular weight excluding hydrogens is 154 g/mol. The highest BCUT2D eigenvalue weighted by molar-refractivity contribution is 5.79. The van der Waals surface area contributed by atoms with Gasteiger partial charge in [0.25, 0.3) is 0 Å². The molecule has 0 fully saturated rings. The maximum absolute atomic E-state index is 10.7. The largest absolute Gasteiger partial charge is 0.368 e. The quantitative estimate of drug-likeness (QED) is 0.490. The molecule has 1 amide bonds. The summed E-state index contributed by atoms with van der Waals surface area (Å²) in [4.78, 5) is 10.7. The summed E-state index contributed by atoms with van der Waals surface area (Å²) in [5.41, 5.74) is 10.4. The molecule has 0 rings (SSSR count). The molecule has 0 bridgehead atoms. The Kier molecular flexibility index (Phi) is 9.86. The number of unbranched alkanes of at least 4 members (excludes halogenated alkanes) is 1. The van der Waals surface area contributed by atoms with Crippen LogP contribution in [0.3, 0.4) is 0 Å². The summed E-state index contributed by atoms with van der Waals surface area (Å²) in [6.45, 7) is 0.676. The lowest BCUT2D eigenvalue weighted by atomic mass is 10.1. The first-order valence-electron chi connectivity index (χ1n) is 3.89. The number of amides is 1. The lowest BCUT2D eigenvalue weighted by Gasteiger charge is -2.10. The van der Waals surface area contributed by atoms with Crippen LogP contribution in [0.4, 0.5) is 0 Å². The normalized spacial score (nSPS) is 11.8. The van der Waals surface area contributed by atoms with Crippen molar-refractivity contribution < 1.29 is 4.79 Å². The van der Waals surface area contributed by atoms with E-state index in [0.717, 1.165) is 19.3 Å². The van der Waals surface area contributed by atoms with Crippen LogP contribution in [0, 0.1) is 0 Å². The van der Waals surface area contributed by atoms with Gasteiger partial charge in [0.15, 0.2) is 0 Å². The van der Waals surface area contributed by atoms with E-state index in [4.69, 9.17) is 11.5 Å². The van der Waals surface area contributed by atoms with Crippen LogP contribution in [0.25, 0.3) is 0 Å². The molecule has 0 spiro atoms. The van der Waals surface area contributed by atoms with Gasteiger partial charge in [-0.3, -0.25) is 4.79 Å². The van der Waals surface area contributed by atoms with Gasteiger partial charge < -0.3 is 16.8 Å². The molecule has 4 heteroatoms. The Morgan fingerprint density at radius 2 is 2.08 bits per heavy atom. The highest BCUT2D eigenvalue weighted by atomic mass is 16.1. The first-order valence-corrected chi connectivity index (χ1v) is 3.89. The van der Waals surface area contributed by atoms with E-state index in [1.807, 2.05) is 0 Å². The number of primary amides is 1. The number of carbonyl (C=O) groups is 1. The molecule has 0 saturated heterocycles. The number of rotatable bonds is 6. The van der Waals surface area contributed by atoms with Gasteiger partial charge in [-0.05, 0) is 26.4 Å². The molecule has 0 aliphatic heterocycles. The Hall–Kier alpha value is -0.610. The van der Waals surface area contributed by atoms with E-state index >= 15 is 0 Å². The standard InChI is InChI=1S/C7H17N3O.CH4/c1-10-6(7(9)11)4-2-3-5-8;/h6,10H,2-5,8H2,1H3,(H2,9,11);1H4. The van der Waals surface area contributed by atoms with Gasteiger partial charge in [-0.1, -0.05) is 13.8 Å². The summed E-state index contributed by atoms with van der Waals surface area (Å²) in [5.74, 6) is -0.287. The first kappa shape index (κ1) is 13.9. The molecule has 4 nitrogen and oxygen atoms in total. The number of nitrogens with two attached hydrogens (primary N) is 2. The number of carbonyl (C=O) groups excluding carboxylic acids is 1. The number of hydrogen-bond donors (Lipinski definition) is 3. The molecule has 0 radical (unpaired) electrons. The molecule has 74 valence electrons. The molecule has 0 heterocycles. The van der Waals surface area contributed by atoms with Gasteiger partial charge in [0.05, 0.1) is 6.04 Å². The van der Waals surface area contributed by atoms with E-state index in [1.54, 1.807) is 7.05 Å². The van der Waals surface area contributed by atoms with Crippen molar-refractivity contribution in [1.29, 1.82) is 0 Å². The van der Waals surface area contributed by atoms with Crippen molar-refractivity contribution in [2.75, 3.05) is 13.6 Å². The van der Waals surface area contributed by atoms with E-state index in [9.17, 15) is 4.79 Å². The zero-order chi connectivity index (χ0) is 8.69. The Labute approximate surface area is 74.7 Å². The number of hydrogen-bond acceptors (Lipinski definition) is 3. The van der Waals surface area contributed by atoms with E-state index in [-0.39, 0.29) is 19.4 Å². The van der Waals surface area contributed by atoms with Crippen LogP contribution in [-0.2, 0) is 4.79 Å². The van der Waals surface area contributed by atoms with Gasteiger partial charge in [-0.15, -0.1) is 0 Å². The van der Waals surface area contributed by atoms with Crippen LogP contribution in [-0.4, -0.2) is 25.5 Å². The highest BCUT2D eigenvalue weighted by Crippen LogP contribution is 1.98. The molecule has 0 aromatic heterocycles. The fraction of sp³-hybridized carbons (Fsp3) is 0.875. The Bertz CT molecular complexity index is 117. The van der Waals surface area contributed by atoms with Gasteiger partial charge in [0.1, 0.15) is 0 Å². The molecular formula is C8H21N3O. The molecule has 0 aliphatic rings. The van der Waals surface area contributed by atoms with Crippen LogP contribution in [0.5, 0.6) is 0 Å². The SMILES string of the molecule is C.CNC(CCCCN)C(N)=O. The van der Waals surface area contributed by atoms with E-state index in [0.29, 0.717) is 6.54 Å². The van der Waals surface area contributed by atoms with Crippen LogP contribution in [0.2, 0.25) is 0 Å². The zero-order valence-corrected chi connectivity index (χ0v) is 6.97. The monoisotopic (exact) mass is 175 g/mol. The second kappa shape index (κ2) is 8.49. The second-order valence-corrected chi connectivity index (χ2v) is 2.53. The van der Waals surface area contributed by atoms with Gasteiger partial charge in [0.2, 0.25) is 5.91 Å². The summed E-state index contributed by atoms with van der Waals surface area (Å²) in [7, 11) is 1.73. The fourth-order valence-corrected chi connectivity index (χ4v) is 0.922. The smallest absolute Gasteiger partial charge is 0.234 e. The summed E-state index contributed by atoms with van der Waals surface area (Å²) in [6, 6.07) is -0.193. The first-order chi connectivity index (χ1) is 5.22. The van der Waals surface area contributed by atoms with E-state index < -0.39 is 0 Å². The van der Waals surface area contributed by atoms with Crippen LogP contribution >= 0.6 is 0 Å². The third-order valence-electron chi connectivity index (χ3n) is 1.64. The molecule has 5 N–H and O–H groups in total. The second-order valence-electron chi connectivity index (χ2n) is 2.53. The summed E-state index contributed by atoms with van der Waals surface area (Å²) < 4.78 is 0. The highest BCUT2D eigenvalue weighted by Gasteiger charge is 2.10. The molecule has 0 aromatic rings. The van der Waals surface area contributed by atoms with Gasteiger partial charge in [0, 0.05) is 0 Å². The Morgan fingerprint density at radius 3 is 2.42 bits per heavy atom. The maximum atomic E-state index is 10.7. The van der Waals surface area contributed by atoms with Crippen molar-refractivity contribution in [3.8, 4) is 0 Å². The van der Waals surface area contributed by atoms with Crippen molar-refractivity contribution in [3.63, 3.8) is 0 Å². The van der Waals surface area contributed by atoms with E-state index in [1.165, 1.54) is 0 Å². The van der Waals surface area contributed by atoms with Crippen molar-refractivity contribution in [2.24, 2.45) is 11.5 Å². The molecule has 0 aliphatic carbocycles. The van der Waals surface area contributed by atoms with Crippen molar-refractivity contribution in [2.45, 2.75) is 32.7 Å². The van der Waals surface area contributed by atoms with Crippen molar-refractivity contribution in [1.82, 2.24) is 5.32 Å². The Morgan fingerprint density at radius 1 is 1.50 bits per heavy atom. The van der Waals surface area contributed by atoms with Gasteiger partial charge in [-0.2, -0.15) is 0 Å². The lowest BCUT2D eigenvalue weighted by Crippen LogP contribution is -2.39. The lowest BCUT2D eigenvalue weighted by molar-refractivity contribution is -0.120. The third kappa shape index (κ3) is 6.12. The minimum Gasteiger partial charge on any atom is -0.368 e. The minimum atomic E-state index is -0.287. The fourth-order valence-electron chi connectivity index (χ4n) is 0.922. The number of likely N-dealkylation sites (N-methyl/N-ethyl adjacent to an activating group) is 1. The van der Waals surface area contributed by atoms with Crippen molar-refractivity contribution >= 4 is 5.91 Å². The summed E-state index contributed by atoms with van der Waals surface area (Å²) in [5, 5.41) is 2.85. The maximum Gasteiger partial charge on any atom is 0.234 e. The van der Waals surface area contributed by atoms with Crippen LogP contribution in [0.15, 0.2) is 0 Å². The summed E-state index contributed by atoms with van der Waals surface area (Å²) >= 11 is 0. The minimum absolute atomic E-state index is 0. The van der Waals surface area contributed by atoms with Gasteiger partial charge in [-0.25, -0.2) is 0 Å². The molecule has 1 atom stereocenters. The van der Waals surface area contributed by atoms with Crippen LogP contribution in [0.1, 0.15) is 26.7 Å². The average molecular weight is 175 g/mol. The molecule has 0 saturated carbocycles. The van der Waals surface area contributed by atoms with Crippen molar-refractivity contribution in [3.05, 3.63) is 0 Å². The molecule has 0 aromatic carbocycles. The predicted molar refractivity (Wildman–Crippen MR) is 51.7 cm³/mol. The van der Waals surface area contributed by atoms with Gasteiger partial charge >= 0.3 is 0 Å². The molecule has 1 unspecified atom stereocenters. The Balaban J connectivity index is 0. The van der Waals surface area contributed by atoms with Crippen LogP contribution < -0.4 is 16.8 Å².